The Kier molecular flexibility index (Phi) is 22.3. The van der Waals surface area contributed by atoms with Gasteiger partial charge in [0.1, 0.15) is 24.3 Å². The summed E-state index contributed by atoms with van der Waals surface area (Å²) in [5.74, 6) is 1.12. The molecule has 0 radical (unpaired) electrons. The number of aryl methyl sites for hydroxylation is 2. The Labute approximate surface area is 500 Å². The molecule has 2 aromatic heterocycles. The number of aliphatic hydroxyl groups excluding tert-OH is 1. The molecule has 84 heavy (non-hydrogen) atoms. The van der Waals surface area contributed by atoms with Crippen molar-refractivity contribution in [3.05, 3.63) is 136 Å². The number of piperazine rings is 2. The van der Waals surface area contributed by atoms with Crippen molar-refractivity contribution in [1.29, 1.82) is 0 Å². The molecule has 3 aromatic carbocycles. The van der Waals surface area contributed by atoms with Gasteiger partial charge in [-0.25, -0.2) is 19.7 Å². The summed E-state index contributed by atoms with van der Waals surface area (Å²) in [5, 5.41) is 19.8. The van der Waals surface area contributed by atoms with E-state index in [0.717, 1.165) is 122 Å². The lowest BCUT2D eigenvalue weighted by Gasteiger charge is -2.38. The molecule has 5 amide bonds. The van der Waals surface area contributed by atoms with Crippen LogP contribution in [-0.4, -0.2) is 185 Å². The maximum atomic E-state index is 14.2. The zero-order valence-corrected chi connectivity index (χ0v) is 50.8. The molecule has 0 bridgehead atoms. The molecule has 450 valence electrons. The van der Waals surface area contributed by atoms with Crippen LogP contribution in [0.2, 0.25) is 5.02 Å². The maximum absolute atomic E-state index is 14.2. The van der Waals surface area contributed by atoms with E-state index in [0.29, 0.717) is 68.7 Å². The van der Waals surface area contributed by atoms with Crippen LogP contribution in [0.15, 0.2) is 91.4 Å². The van der Waals surface area contributed by atoms with E-state index >= 15 is 0 Å². The van der Waals surface area contributed by atoms with E-state index in [2.05, 4.69) is 71.6 Å². The number of fused-ring (bicyclic) bond motifs is 1. The molecule has 3 saturated heterocycles. The number of hydrogen-bond acceptors (Lipinski definition) is 14. The summed E-state index contributed by atoms with van der Waals surface area (Å²) in [6, 6.07) is 25.1. The standard InChI is InChI=1S/C44H62N8O5.C20H23ClN4O2/c1-7-33-11-9-13-36(25-33)37-26-38(48-40(54)31-52(43(56)57-44(3,4)5)29-35-12-8-10-32(2)24-35)41(47-27-37)42(55)51-18-14-34(15-19-51)28-49-20-22-50(23-21-49)30-39(53)46-17-16-45-6;1-13-10-16(26)19-18(13)20(23-12-22-19)25-8-6-24(7-9-25)17(27)11-14-2-4-15(21)5-3-14/h8-13,24-27,34,45H,7,14-23,28-31H2,1-6H3,(H,46,53)(H,48,54);2-5,12-13,16,26H,6-11H2,1H3/t;13-,16?/m.1/s1. The number of aromatic nitrogens is 3. The molecule has 5 heterocycles. The first-order chi connectivity index (χ1) is 40.3. The number of piperidine rings is 1. The molecule has 4 aliphatic rings. The van der Waals surface area contributed by atoms with E-state index in [1.165, 1.54) is 11.2 Å². The summed E-state index contributed by atoms with van der Waals surface area (Å²) >= 11 is 5.90. The third-order valence-electron chi connectivity index (χ3n) is 15.9. The van der Waals surface area contributed by atoms with Crippen molar-refractivity contribution in [2.75, 3.05) is 115 Å². The van der Waals surface area contributed by atoms with Crippen LogP contribution in [0.4, 0.5) is 16.3 Å². The highest BCUT2D eigenvalue weighted by molar-refractivity contribution is 6.30. The van der Waals surface area contributed by atoms with Crippen molar-refractivity contribution < 1.29 is 33.8 Å². The second-order valence-corrected chi connectivity index (χ2v) is 24.1. The average Bonchev–Trinajstić information content (AvgIpc) is 3.78. The maximum Gasteiger partial charge on any atom is 0.411 e. The number of pyridine rings is 1. The SMILES string of the molecule is CCc1cccc(-c2cnc(C(=O)N3CCC(CN4CCN(CC(=O)NCCNC)CC4)CC3)c(NC(=O)CN(Cc3cccc(C)c3)C(=O)OC(C)(C)C)c2)c1.C[C@@H]1CC(O)c2ncnc(N3CCN(C(=O)Cc4ccc(Cl)cc4)CC3)c21. The summed E-state index contributed by atoms with van der Waals surface area (Å²) in [6.07, 6.45) is 5.81. The number of carbonyl (C=O) groups excluding carboxylic acids is 5. The molecular formula is C64H85ClN12O7. The van der Waals surface area contributed by atoms with Crippen LogP contribution in [0, 0.1) is 12.8 Å². The van der Waals surface area contributed by atoms with Gasteiger partial charge < -0.3 is 45.4 Å². The van der Waals surface area contributed by atoms with Gasteiger partial charge in [0.15, 0.2) is 5.69 Å². The van der Waals surface area contributed by atoms with Crippen molar-refractivity contribution >= 4 is 52.8 Å². The van der Waals surface area contributed by atoms with Gasteiger partial charge in [-0.05, 0) is 113 Å². The number of halogens is 1. The first-order valence-corrected chi connectivity index (χ1v) is 30.1. The number of aliphatic hydroxyl groups is 1. The summed E-state index contributed by atoms with van der Waals surface area (Å²) < 4.78 is 5.70. The van der Waals surface area contributed by atoms with Gasteiger partial charge >= 0.3 is 6.09 Å². The van der Waals surface area contributed by atoms with Gasteiger partial charge in [-0.2, -0.15) is 0 Å². The summed E-state index contributed by atoms with van der Waals surface area (Å²) in [5.41, 5.74) is 7.30. The number of anilines is 2. The highest BCUT2D eigenvalue weighted by atomic mass is 35.5. The second kappa shape index (κ2) is 29.7. The van der Waals surface area contributed by atoms with E-state index in [-0.39, 0.29) is 42.4 Å². The Morgan fingerprint density at radius 2 is 1.48 bits per heavy atom. The second-order valence-electron chi connectivity index (χ2n) is 23.6. The first kappa shape index (κ1) is 63.0. The van der Waals surface area contributed by atoms with Crippen molar-refractivity contribution in [3.63, 3.8) is 0 Å². The minimum atomic E-state index is -0.753. The monoisotopic (exact) mass is 1170 g/mol. The van der Waals surface area contributed by atoms with Crippen molar-refractivity contribution in [2.45, 2.75) is 97.8 Å². The Morgan fingerprint density at radius 1 is 0.774 bits per heavy atom. The Morgan fingerprint density at radius 3 is 2.17 bits per heavy atom. The number of hydrogen-bond donors (Lipinski definition) is 4. The van der Waals surface area contributed by atoms with Crippen LogP contribution in [-0.2, 0) is 38.5 Å². The lowest BCUT2D eigenvalue weighted by atomic mass is 9.95. The summed E-state index contributed by atoms with van der Waals surface area (Å²) in [4.78, 5) is 91.8. The number of nitrogens with zero attached hydrogens (tertiary/aromatic N) is 9. The third kappa shape index (κ3) is 17.8. The van der Waals surface area contributed by atoms with Gasteiger partial charge in [-0.1, -0.05) is 91.7 Å². The highest BCUT2D eigenvalue weighted by Crippen LogP contribution is 2.43. The molecule has 1 unspecified atom stereocenters. The molecule has 3 fully saturated rings. The molecule has 5 aromatic rings. The Hall–Kier alpha value is -7.03. The number of ether oxygens (including phenoxy) is 1. The lowest BCUT2D eigenvalue weighted by molar-refractivity contribution is -0.130. The minimum absolute atomic E-state index is 0.0641. The summed E-state index contributed by atoms with van der Waals surface area (Å²) in [7, 11) is 1.87. The van der Waals surface area contributed by atoms with Crippen LogP contribution in [0.25, 0.3) is 11.1 Å². The van der Waals surface area contributed by atoms with E-state index in [9.17, 15) is 29.1 Å². The van der Waals surface area contributed by atoms with Crippen molar-refractivity contribution in [3.8, 4) is 11.1 Å². The first-order valence-electron chi connectivity index (χ1n) is 29.7. The molecule has 2 atom stereocenters. The van der Waals surface area contributed by atoms with Gasteiger partial charge in [0, 0.05) is 114 Å². The van der Waals surface area contributed by atoms with Crippen LogP contribution in [0.1, 0.15) is 110 Å². The predicted molar refractivity (Wildman–Crippen MR) is 328 cm³/mol. The van der Waals surface area contributed by atoms with Crippen LogP contribution < -0.4 is 20.9 Å². The van der Waals surface area contributed by atoms with Crippen molar-refractivity contribution in [2.24, 2.45) is 5.92 Å². The topological polar surface area (TPSA) is 209 Å². The fraction of sp³-hybridized carbons (Fsp3) is 0.500. The van der Waals surface area contributed by atoms with Gasteiger partial charge in [0.2, 0.25) is 17.7 Å². The molecule has 0 saturated carbocycles. The van der Waals surface area contributed by atoms with E-state index in [1.54, 1.807) is 27.0 Å². The quantitative estimate of drug-likeness (QED) is 0.0633. The van der Waals surface area contributed by atoms with Gasteiger partial charge in [-0.15, -0.1) is 0 Å². The zero-order chi connectivity index (χ0) is 59.9. The van der Waals surface area contributed by atoms with Crippen LogP contribution >= 0.6 is 11.6 Å². The molecule has 9 rings (SSSR count). The molecule has 20 heteroatoms. The van der Waals surface area contributed by atoms with E-state index < -0.39 is 23.7 Å². The Bertz CT molecular complexity index is 3040. The number of carbonyl (C=O) groups is 5. The van der Waals surface area contributed by atoms with Crippen molar-refractivity contribution in [1.82, 2.24) is 50.1 Å². The van der Waals surface area contributed by atoms with E-state index in [4.69, 9.17) is 16.3 Å². The smallest absolute Gasteiger partial charge is 0.411 e. The average molecular weight is 1170 g/mol. The van der Waals surface area contributed by atoms with Crippen LogP contribution in [0.3, 0.4) is 0 Å². The fourth-order valence-electron chi connectivity index (χ4n) is 11.3. The number of nitrogens with one attached hydrogen (secondary N) is 3. The number of likely N-dealkylation sites (N-methyl/N-ethyl adjacent to an activating group) is 1. The molecule has 1 aliphatic carbocycles. The van der Waals surface area contributed by atoms with Gasteiger partial charge in [0.25, 0.3) is 5.91 Å². The number of likely N-dealkylation sites (tertiary alicyclic amines) is 1. The molecule has 0 spiro atoms. The molecular weight excluding hydrogens is 1080 g/mol. The predicted octanol–water partition coefficient (Wildman–Crippen LogP) is 7.36. The molecule has 3 aliphatic heterocycles. The Balaban J connectivity index is 0.000000282. The van der Waals surface area contributed by atoms with Crippen LogP contribution in [0.5, 0.6) is 0 Å². The lowest BCUT2D eigenvalue weighted by Crippen LogP contribution is -2.51. The van der Waals surface area contributed by atoms with Gasteiger partial charge in [0.05, 0.1) is 30.5 Å². The summed E-state index contributed by atoms with van der Waals surface area (Å²) in [6.45, 7) is 21.8. The number of rotatable bonds is 18. The number of benzene rings is 3. The minimum Gasteiger partial charge on any atom is -0.444 e. The van der Waals surface area contributed by atoms with Gasteiger partial charge in [-0.3, -0.25) is 29.0 Å². The highest BCUT2D eigenvalue weighted by Gasteiger charge is 2.35. The third-order valence-corrected chi connectivity index (χ3v) is 16.2. The normalized spacial score (nSPS) is 17.7. The fourth-order valence-corrected chi connectivity index (χ4v) is 11.5. The zero-order valence-electron chi connectivity index (χ0n) is 50.0. The molecule has 19 nitrogen and oxygen atoms in total. The van der Waals surface area contributed by atoms with E-state index in [1.807, 2.05) is 90.5 Å². The number of amides is 5. The molecule has 4 N–H and O–H groups in total. The largest absolute Gasteiger partial charge is 0.444 e.